The average Bonchev–Trinajstić information content (AvgIpc) is 2.90. The lowest BCUT2D eigenvalue weighted by Gasteiger charge is -2.07. The predicted octanol–water partition coefficient (Wildman–Crippen LogP) is 2.65. The molecule has 0 unspecified atom stereocenters. The van der Waals surface area contributed by atoms with E-state index in [0.717, 1.165) is 46.1 Å². The third kappa shape index (κ3) is 2.04. The molecule has 22 heavy (non-hydrogen) atoms. The lowest BCUT2D eigenvalue weighted by molar-refractivity contribution is 0.399. The first-order valence-corrected chi connectivity index (χ1v) is 7.20. The van der Waals surface area contributed by atoms with Crippen molar-refractivity contribution >= 4 is 10.9 Å². The summed E-state index contributed by atoms with van der Waals surface area (Å²) >= 11 is 0. The zero-order chi connectivity index (χ0) is 15.9. The van der Waals surface area contributed by atoms with E-state index in [2.05, 4.69) is 18.2 Å². The van der Waals surface area contributed by atoms with Crippen LogP contribution in [0, 0.1) is 13.8 Å². The molecule has 0 spiro atoms. The molecule has 0 aliphatic carbocycles. The van der Waals surface area contributed by atoms with Gasteiger partial charge in [0.15, 0.2) is 0 Å². The van der Waals surface area contributed by atoms with E-state index in [4.69, 9.17) is 10.1 Å². The number of para-hydroxylation sites is 1. The first-order chi connectivity index (χ1) is 10.6. The Balaban J connectivity index is 0.000000693. The van der Waals surface area contributed by atoms with Gasteiger partial charge in [-0.05, 0) is 37.6 Å². The predicted molar refractivity (Wildman–Crippen MR) is 88.2 cm³/mol. The highest BCUT2D eigenvalue weighted by atomic mass is 16.2. The van der Waals surface area contributed by atoms with Crippen molar-refractivity contribution in [2.75, 3.05) is 7.11 Å². The summed E-state index contributed by atoms with van der Waals surface area (Å²) in [4.78, 5) is 17.1. The van der Waals surface area contributed by atoms with Crippen LogP contribution in [0.15, 0.2) is 41.2 Å². The van der Waals surface area contributed by atoms with Crippen molar-refractivity contribution in [3.63, 3.8) is 0 Å². The summed E-state index contributed by atoms with van der Waals surface area (Å²) in [5.74, 6) is 0. The topological polar surface area (TPSA) is 55.1 Å². The minimum atomic E-state index is 0.0991. The first kappa shape index (κ1) is 14.5. The summed E-state index contributed by atoms with van der Waals surface area (Å²) in [6.45, 7) is 4.50. The molecule has 1 N–H and O–H groups in total. The average molecular weight is 294 g/mol. The highest BCUT2D eigenvalue weighted by Gasteiger charge is 2.22. The molecule has 0 fully saturated rings. The number of aliphatic hydroxyl groups excluding tert-OH is 1. The van der Waals surface area contributed by atoms with Crippen LogP contribution in [0.2, 0.25) is 0 Å². The van der Waals surface area contributed by atoms with Gasteiger partial charge >= 0.3 is 0 Å². The second-order valence-electron chi connectivity index (χ2n) is 5.42. The molecule has 4 heteroatoms. The van der Waals surface area contributed by atoms with Crippen LogP contribution < -0.4 is 5.56 Å². The molecule has 0 bridgehead atoms. The Labute approximate surface area is 128 Å². The van der Waals surface area contributed by atoms with Gasteiger partial charge in [-0.3, -0.25) is 4.79 Å². The second-order valence-corrected chi connectivity index (χ2v) is 5.42. The molecule has 2 aromatic heterocycles. The maximum atomic E-state index is 12.4. The van der Waals surface area contributed by atoms with Crippen LogP contribution in [-0.2, 0) is 6.54 Å². The van der Waals surface area contributed by atoms with Crippen molar-refractivity contribution in [3.8, 4) is 11.4 Å². The molecule has 3 aromatic rings. The third-order valence-electron chi connectivity index (χ3n) is 4.18. The summed E-state index contributed by atoms with van der Waals surface area (Å²) < 4.78 is 1.83. The Morgan fingerprint density at radius 2 is 1.86 bits per heavy atom. The van der Waals surface area contributed by atoms with Crippen LogP contribution in [0.1, 0.15) is 16.7 Å². The fourth-order valence-electron chi connectivity index (χ4n) is 2.90. The summed E-state index contributed by atoms with van der Waals surface area (Å²) in [7, 11) is 1.00. The normalized spacial score (nSPS) is 11.6. The zero-order valence-corrected chi connectivity index (χ0v) is 12.9. The van der Waals surface area contributed by atoms with Gasteiger partial charge in [0.1, 0.15) is 0 Å². The number of fused-ring (bicyclic) bond motifs is 4. The van der Waals surface area contributed by atoms with Crippen LogP contribution >= 0.6 is 0 Å². The van der Waals surface area contributed by atoms with E-state index in [1.54, 1.807) is 0 Å². The fourth-order valence-corrected chi connectivity index (χ4v) is 2.90. The highest BCUT2D eigenvalue weighted by molar-refractivity contribution is 5.83. The van der Waals surface area contributed by atoms with Gasteiger partial charge in [-0.1, -0.05) is 18.2 Å². The number of pyridine rings is 2. The third-order valence-corrected chi connectivity index (χ3v) is 4.18. The van der Waals surface area contributed by atoms with Crippen molar-refractivity contribution in [2.45, 2.75) is 20.4 Å². The van der Waals surface area contributed by atoms with E-state index in [1.165, 1.54) is 0 Å². The molecule has 3 heterocycles. The molecule has 1 aliphatic rings. The molecule has 4 nitrogen and oxygen atoms in total. The number of benzene rings is 1. The molecular weight excluding hydrogens is 276 g/mol. The van der Waals surface area contributed by atoms with Gasteiger partial charge in [0.2, 0.25) is 0 Å². The van der Waals surface area contributed by atoms with Crippen LogP contribution in [0.25, 0.3) is 22.3 Å². The van der Waals surface area contributed by atoms with Crippen molar-refractivity contribution < 1.29 is 5.11 Å². The van der Waals surface area contributed by atoms with Crippen molar-refractivity contribution in [2.24, 2.45) is 0 Å². The van der Waals surface area contributed by atoms with E-state index in [1.807, 2.05) is 36.6 Å². The van der Waals surface area contributed by atoms with Gasteiger partial charge in [-0.15, -0.1) is 0 Å². The molecule has 1 aromatic carbocycles. The Kier molecular flexibility index (Phi) is 3.54. The summed E-state index contributed by atoms with van der Waals surface area (Å²) in [6, 6.07) is 12.3. The molecular formula is C18H18N2O2. The Morgan fingerprint density at radius 3 is 2.64 bits per heavy atom. The summed E-state index contributed by atoms with van der Waals surface area (Å²) in [5, 5.41) is 8.13. The van der Waals surface area contributed by atoms with Crippen LogP contribution in [0.3, 0.4) is 0 Å². The standard InChI is InChI=1S/C17H14N2O.CH4O/c1-10-7-15-16-13(9-19(15)17(20)11(10)2)8-12-5-3-4-6-14(12)18-16;1-2/h3-8H,9H2,1-2H3;2H,1H3. The van der Waals surface area contributed by atoms with E-state index in [0.29, 0.717) is 6.54 Å². The molecule has 0 saturated heterocycles. The number of rotatable bonds is 0. The van der Waals surface area contributed by atoms with Gasteiger partial charge in [-0.2, -0.15) is 0 Å². The Hall–Kier alpha value is -2.46. The van der Waals surface area contributed by atoms with Crippen molar-refractivity contribution in [1.82, 2.24) is 9.55 Å². The smallest absolute Gasteiger partial charge is 0.254 e. The highest BCUT2D eigenvalue weighted by Crippen LogP contribution is 2.31. The minimum Gasteiger partial charge on any atom is -0.400 e. The molecule has 112 valence electrons. The maximum absolute atomic E-state index is 12.4. The molecule has 1 aliphatic heterocycles. The maximum Gasteiger partial charge on any atom is 0.254 e. The lowest BCUT2D eigenvalue weighted by atomic mass is 10.1. The van der Waals surface area contributed by atoms with E-state index < -0.39 is 0 Å². The number of aryl methyl sites for hydroxylation is 1. The van der Waals surface area contributed by atoms with E-state index >= 15 is 0 Å². The van der Waals surface area contributed by atoms with Gasteiger partial charge in [-0.25, -0.2) is 4.98 Å². The number of nitrogens with zero attached hydrogens (tertiary/aromatic N) is 2. The van der Waals surface area contributed by atoms with Gasteiger partial charge < -0.3 is 9.67 Å². The molecule has 0 saturated carbocycles. The van der Waals surface area contributed by atoms with Gasteiger partial charge in [0, 0.05) is 23.6 Å². The van der Waals surface area contributed by atoms with E-state index in [-0.39, 0.29) is 5.56 Å². The zero-order valence-electron chi connectivity index (χ0n) is 12.9. The number of hydrogen-bond donors (Lipinski definition) is 1. The minimum absolute atomic E-state index is 0.0991. The van der Waals surface area contributed by atoms with Gasteiger partial charge in [0.25, 0.3) is 5.56 Å². The fraction of sp³-hybridized carbons (Fsp3) is 0.222. The SMILES string of the molecule is CO.Cc1cc2n(c(=O)c1C)Cc1cc3ccccc3nc1-2. The van der Waals surface area contributed by atoms with Crippen LogP contribution in [-0.4, -0.2) is 21.8 Å². The lowest BCUT2D eigenvalue weighted by Crippen LogP contribution is -2.22. The van der Waals surface area contributed by atoms with Crippen LogP contribution in [0.4, 0.5) is 0 Å². The number of aliphatic hydroxyl groups is 1. The summed E-state index contributed by atoms with van der Waals surface area (Å²) in [6.07, 6.45) is 0. The summed E-state index contributed by atoms with van der Waals surface area (Å²) in [5.41, 5.74) is 5.95. The molecule has 4 rings (SSSR count). The largest absolute Gasteiger partial charge is 0.400 e. The van der Waals surface area contributed by atoms with Crippen LogP contribution in [0.5, 0.6) is 0 Å². The Bertz CT molecular complexity index is 926. The molecule has 0 atom stereocenters. The van der Waals surface area contributed by atoms with Crippen molar-refractivity contribution in [3.05, 3.63) is 63.4 Å². The first-order valence-electron chi connectivity index (χ1n) is 7.20. The Morgan fingerprint density at radius 1 is 1.14 bits per heavy atom. The number of aromatic nitrogens is 2. The second kappa shape index (κ2) is 5.39. The quantitative estimate of drug-likeness (QED) is 0.542. The molecule has 0 radical (unpaired) electrons. The number of hydrogen-bond acceptors (Lipinski definition) is 3. The van der Waals surface area contributed by atoms with Crippen molar-refractivity contribution in [1.29, 1.82) is 0 Å². The van der Waals surface area contributed by atoms with E-state index in [9.17, 15) is 4.79 Å². The van der Waals surface area contributed by atoms with Gasteiger partial charge in [0.05, 0.1) is 23.4 Å². The monoisotopic (exact) mass is 294 g/mol. The molecule has 0 amide bonds.